The third-order valence-electron chi connectivity index (χ3n) is 7.51. The van der Waals surface area contributed by atoms with Crippen molar-refractivity contribution in [2.24, 2.45) is 11.8 Å². The molecule has 8 heteroatoms. The Labute approximate surface area is 184 Å². The molecule has 0 spiro atoms. The SMILES string of the molecule is CCCC1(C)OB(c2ccc(N3CCN(CC4CC4C(F)(F)F)CC3)cc2)OC1(C)C. The zero-order chi connectivity index (χ0) is 22.4. The minimum absolute atomic E-state index is 0.208. The van der Waals surface area contributed by atoms with Crippen molar-refractivity contribution in [1.82, 2.24) is 4.90 Å². The van der Waals surface area contributed by atoms with E-state index in [2.05, 4.69) is 61.8 Å². The zero-order valence-electron chi connectivity index (χ0n) is 19.0. The number of halogens is 3. The van der Waals surface area contributed by atoms with E-state index in [1.807, 2.05) is 0 Å². The standard InChI is InChI=1S/C23H34BF3N2O2/c1-5-10-22(4)21(2,3)30-24(31-22)18-6-8-19(9-7-18)29-13-11-28(12-14-29)16-17-15-20(17)23(25,26)27/h6-9,17,20H,5,10-16H2,1-4H3. The van der Waals surface area contributed by atoms with Crippen LogP contribution in [0.1, 0.15) is 47.0 Å². The van der Waals surface area contributed by atoms with Crippen molar-refractivity contribution in [1.29, 1.82) is 0 Å². The zero-order valence-corrected chi connectivity index (χ0v) is 19.0. The maximum absolute atomic E-state index is 12.8. The molecule has 0 N–H and O–H groups in total. The fourth-order valence-electron chi connectivity index (χ4n) is 4.98. The van der Waals surface area contributed by atoms with Crippen molar-refractivity contribution in [2.75, 3.05) is 37.6 Å². The van der Waals surface area contributed by atoms with Crippen LogP contribution in [0, 0.1) is 11.8 Å². The van der Waals surface area contributed by atoms with Gasteiger partial charge in [0.2, 0.25) is 0 Å². The first-order chi connectivity index (χ1) is 14.5. The van der Waals surface area contributed by atoms with E-state index >= 15 is 0 Å². The molecule has 0 bridgehead atoms. The van der Waals surface area contributed by atoms with Crippen molar-refractivity contribution < 1.29 is 22.5 Å². The average molecular weight is 438 g/mol. The van der Waals surface area contributed by atoms with E-state index in [1.54, 1.807) is 0 Å². The lowest BCUT2D eigenvalue weighted by Gasteiger charge is -2.36. The molecular formula is C23H34BF3N2O2. The molecule has 172 valence electrons. The average Bonchev–Trinajstić information content (AvgIpc) is 3.43. The Morgan fingerprint density at radius 1 is 1.03 bits per heavy atom. The van der Waals surface area contributed by atoms with Crippen LogP contribution in [0.5, 0.6) is 0 Å². The predicted molar refractivity (Wildman–Crippen MR) is 118 cm³/mol. The molecule has 3 fully saturated rings. The first-order valence-corrected chi connectivity index (χ1v) is 11.5. The van der Waals surface area contributed by atoms with Crippen LogP contribution < -0.4 is 10.4 Å². The lowest BCUT2D eigenvalue weighted by atomic mass is 9.79. The summed E-state index contributed by atoms with van der Waals surface area (Å²) in [5.41, 5.74) is 1.49. The number of hydrogen-bond donors (Lipinski definition) is 0. The van der Waals surface area contributed by atoms with Crippen molar-refractivity contribution in [3.63, 3.8) is 0 Å². The van der Waals surface area contributed by atoms with E-state index in [4.69, 9.17) is 9.31 Å². The van der Waals surface area contributed by atoms with Crippen LogP contribution in [0.3, 0.4) is 0 Å². The van der Waals surface area contributed by atoms with Crippen LogP contribution in [0.4, 0.5) is 18.9 Å². The summed E-state index contributed by atoms with van der Waals surface area (Å²) in [6.07, 6.45) is -1.74. The molecule has 4 nitrogen and oxygen atoms in total. The molecule has 31 heavy (non-hydrogen) atoms. The van der Waals surface area contributed by atoms with Gasteiger partial charge in [-0.15, -0.1) is 0 Å². The van der Waals surface area contributed by atoms with Gasteiger partial charge in [0.25, 0.3) is 0 Å². The van der Waals surface area contributed by atoms with Gasteiger partial charge in [-0.3, -0.25) is 4.90 Å². The summed E-state index contributed by atoms with van der Waals surface area (Å²) in [6.45, 7) is 12.3. The van der Waals surface area contributed by atoms with Gasteiger partial charge in [0, 0.05) is 38.4 Å². The fraction of sp³-hybridized carbons (Fsp3) is 0.739. The number of benzene rings is 1. The first-order valence-electron chi connectivity index (χ1n) is 11.5. The van der Waals surface area contributed by atoms with Crippen LogP contribution in [0.25, 0.3) is 0 Å². The Morgan fingerprint density at radius 3 is 2.23 bits per heavy atom. The summed E-state index contributed by atoms with van der Waals surface area (Å²) in [5.74, 6) is -1.29. The molecule has 1 aromatic rings. The van der Waals surface area contributed by atoms with Gasteiger partial charge in [-0.1, -0.05) is 25.5 Å². The van der Waals surface area contributed by atoms with Gasteiger partial charge in [0.15, 0.2) is 0 Å². The normalized spacial score (nSPS) is 31.3. The van der Waals surface area contributed by atoms with Gasteiger partial charge >= 0.3 is 13.3 Å². The van der Waals surface area contributed by atoms with Crippen molar-refractivity contribution in [3.8, 4) is 0 Å². The van der Waals surface area contributed by atoms with E-state index in [0.29, 0.717) is 13.0 Å². The summed E-state index contributed by atoms with van der Waals surface area (Å²) in [4.78, 5) is 4.48. The van der Waals surface area contributed by atoms with Crippen LogP contribution in [0.2, 0.25) is 0 Å². The molecule has 4 rings (SSSR count). The van der Waals surface area contributed by atoms with Crippen LogP contribution >= 0.6 is 0 Å². The Morgan fingerprint density at radius 2 is 1.68 bits per heavy atom. The van der Waals surface area contributed by atoms with Crippen LogP contribution in [0.15, 0.2) is 24.3 Å². The van der Waals surface area contributed by atoms with Gasteiger partial charge in [-0.2, -0.15) is 13.2 Å². The van der Waals surface area contributed by atoms with E-state index in [-0.39, 0.29) is 24.2 Å². The van der Waals surface area contributed by atoms with Gasteiger partial charge in [-0.25, -0.2) is 0 Å². The highest BCUT2D eigenvalue weighted by Crippen LogP contribution is 2.50. The van der Waals surface area contributed by atoms with Crippen LogP contribution in [-0.4, -0.2) is 62.1 Å². The molecule has 0 radical (unpaired) electrons. The molecule has 1 aromatic carbocycles. The van der Waals surface area contributed by atoms with Gasteiger partial charge in [-0.05, 0) is 57.1 Å². The van der Waals surface area contributed by atoms with E-state index in [9.17, 15) is 13.2 Å². The Balaban J connectivity index is 1.30. The Kier molecular flexibility index (Phi) is 6.12. The second-order valence-electron chi connectivity index (χ2n) is 10.1. The maximum Gasteiger partial charge on any atom is 0.494 e. The van der Waals surface area contributed by atoms with E-state index < -0.39 is 12.1 Å². The predicted octanol–water partition coefficient (Wildman–Crippen LogP) is 4.09. The smallest absolute Gasteiger partial charge is 0.399 e. The molecule has 0 aromatic heterocycles. The first kappa shape index (κ1) is 22.9. The molecule has 2 aliphatic heterocycles. The highest BCUT2D eigenvalue weighted by molar-refractivity contribution is 6.62. The molecule has 2 saturated heterocycles. The second-order valence-corrected chi connectivity index (χ2v) is 10.1. The molecular weight excluding hydrogens is 404 g/mol. The van der Waals surface area contributed by atoms with Gasteiger partial charge in [0.1, 0.15) is 0 Å². The van der Waals surface area contributed by atoms with Crippen molar-refractivity contribution in [2.45, 2.75) is 64.3 Å². The minimum Gasteiger partial charge on any atom is -0.399 e. The lowest BCUT2D eigenvalue weighted by molar-refractivity contribution is -0.151. The second kappa shape index (κ2) is 8.27. The van der Waals surface area contributed by atoms with Gasteiger partial charge in [0.05, 0.1) is 17.1 Å². The molecule has 1 aliphatic carbocycles. The Hall–Kier alpha value is -1.25. The number of piperazine rings is 1. The van der Waals surface area contributed by atoms with Crippen molar-refractivity contribution in [3.05, 3.63) is 24.3 Å². The monoisotopic (exact) mass is 438 g/mol. The summed E-state index contributed by atoms with van der Waals surface area (Å²) < 4.78 is 50.9. The summed E-state index contributed by atoms with van der Waals surface area (Å²) >= 11 is 0. The minimum atomic E-state index is -4.02. The van der Waals surface area contributed by atoms with E-state index in [1.165, 1.54) is 0 Å². The number of rotatable bonds is 6. The molecule has 3 unspecified atom stereocenters. The van der Waals surface area contributed by atoms with E-state index in [0.717, 1.165) is 50.2 Å². The molecule has 3 atom stereocenters. The summed E-state index contributed by atoms with van der Waals surface area (Å²) in [6, 6.07) is 8.33. The maximum atomic E-state index is 12.8. The molecule has 2 heterocycles. The molecule has 0 amide bonds. The fourth-order valence-corrected chi connectivity index (χ4v) is 4.98. The molecule has 1 saturated carbocycles. The number of nitrogens with zero attached hydrogens (tertiary/aromatic N) is 2. The lowest BCUT2D eigenvalue weighted by Crippen LogP contribution is -2.47. The third-order valence-corrected chi connectivity index (χ3v) is 7.51. The third kappa shape index (κ3) is 4.76. The van der Waals surface area contributed by atoms with Crippen molar-refractivity contribution >= 4 is 18.3 Å². The molecule has 3 aliphatic rings. The van der Waals surface area contributed by atoms with Crippen LogP contribution in [-0.2, 0) is 9.31 Å². The summed E-state index contributed by atoms with van der Waals surface area (Å²) in [7, 11) is -0.363. The largest absolute Gasteiger partial charge is 0.494 e. The Bertz CT molecular complexity index is 765. The highest BCUT2D eigenvalue weighted by atomic mass is 19.4. The topological polar surface area (TPSA) is 24.9 Å². The quantitative estimate of drug-likeness (QED) is 0.625. The number of anilines is 1. The number of hydrogen-bond acceptors (Lipinski definition) is 4. The summed E-state index contributed by atoms with van der Waals surface area (Å²) in [5, 5.41) is 0. The highest BCUT2D eigenvalue weighted by Gasteiger charge is 2.56. The number of alkyl halides is 3. The van der Waals surface area contributed by atoms with Gasteiger partial charge < -0.3 is 14.2 Å².